The van der Waals surface area contributed by atoms with E-state index >= 15 is 0 Å². The number of nitrogens with zero attached hydrogens (tertiary/aromatic N) is 5. The normalized spacial score (nSPS) is 10.8. The van der Waals surface area contributed by atoms with E-state index in [4.69, 9.17) is 9.47 Å². The number of amides is 1. The van der Waals surface area contributed by atoms with Crippen molar-refractivity contribution in [2.24, 2.45) is 5.10 Å². The van der Waals surface area contributed by atoms with Crippen molar-refractivity contribution in [3.63, 3.8) is 0 Å². The maximum atomic E-state index is 12.0. The van der Waals surface area contributed by atoms with Crippen molar-refractivity contribution in [1.29, 1.82) is 0 Å². The minimum Gasteiger partial charge on any atom is -0.493 e. The van der Waals surface area contributed by atoms with Crippen LogP contribution in [0.1, 0.15) is 5.56 Å². The molecule has 1 heterocycles. The van der Waals surface area contributed by atoms with Crippen molar-refractivity contribution in [3.8, 4) is 17.2 Å². The lowest BCUT2D eigenvalue weighted by Crippen LogP contribution is -2.20. The second-order valence-corrected chi connectivity index (χ2v) is 6.35. The summed E-state index contributed by atoms with van der Waals surface area (Å²) in [6, 6.07) is 14.8. The molecular weight excluding hydrogens is 380 g/mol. The number of ether oxygens (including phenoxy) is 2. The van der Waals surface area contributed by atoms with E-state index in [9.17, 15) is 4.79 Å². The minimum absolute atomic E-state index is 0.122. The van der Waals surface area contributed by atoms with Crippen LogP contribution in [0, 0.1) is 0 Å². The molecule has 3 aromatic rings. The number of carbonyl (C=O) groups is 1. The monoisotopic (exact) mass is 398 g/mol. The van der Waals surface area contributed by atoms with Crippen LogP contribution in [0.3, 0.4) is 0 Å². The van der Waals surface area contributed by atoms with Crippen LogP contribution >= 0.6 is 11.8 Å². The maximum Gasteiger partial charge on any atom is 0.250 e. The van der Waals surface area contributed by atoms with Crippen molar-refractivity contribution < 1.29 is 14.3 Å². The molecule has 0 fully saturated rings. The van der Waals surface area contributed by atoms with E-state index < -0.39 is 0 Å². The third kappa shape index (κ3) is 4.86. The van der Waals surface area contributed by atoms with Crippen LogP contribution in [0.25, 0.3) is 5.69 Å². The zero-order valence-corrected chi connectivity index (χ0v) is 16.1. The fourth-order valence-electron chi connectivity index (χ4n) is 2.27. The van der Waals surface area contributed by atoms with Gasteiger partial charge in [0.05, 0.1) is 31.9 Å². The van der Waals surface area contributed by atoms with E-state index in [1.54, 1.807) is 37.1 Å². The Morgan fingerprint density at radius 3 is 2.71 bits per heavy atom. The zero-order valence-electron chi connectivity index (χ0n) is 15.3. The van der Waals surface area contributed by atoms with Crippen LogP contribution in [-0.2, 0) is 4.79 Å². The SMILES string of the molecule is COc1ccc(/C=N\NC(=O)CSc2nnnn2-c2ccccc2)cc1OC. The van der Waals surface area contributed by atoms with Crippen molar-refractivity contribution in [2.45, 2.75) is 5.16 Å². The van der Waals surface area contributed by atoms with Gasteiger partial charge < -0.3 is 9.47 Å². The molecule has 0 saturated carbocycles. The Morgan fingerprint density at radius 2 is 1.96 bits per heavy atom. The highest BCUT2D eigenvalue weighted by molar-refractivity contribution is 7.99. The molecule has 0 aliphatic heterocycles. The minimum atomic E-state index is -0.274. The molecule has 1 N–H and O–H groups in total. The van der Waals surface area contributed by atoms with Gasteiger partial charge in [0.15, 0.2) is 11.5 Å². The van der Waals surface area contributed by atoms with Gasteiger partial charge in [0.2, 0.25) is 5.16 Å². The number of hydrogen-bond donors (Lipinski definition) is 1. The molecule has 0 unspecified atom stereocenters. The Balaban J connectivity index is 1.55. The molecule has 0 aliphatic carbocycles. The molecule has 0 bridgehead atoms. The van der Waals surface area contributed by atoms with Crippen molar-refractivity contribution >= 4 is 23.9 Å². The topological polar surface area (TPSA) is 104 Å². The fourth-order valence-corrected chi connectivity index (χ4v) is 2.96. The average Bonchev–Trinajstić information content (AvgIpc) is 3.21. The molecule has 0 atom stereocenters. The molecule has 1 aromatic heterocycles. The molecule has 0 radical (unpaired) electrons. The quantitative estimate of drug-likeness (QED) is 0.351. The van der Waals surface area contributed by atoms with Crippen molar-refractivity contribution in [2.75, 3.05) is 20.0 Å². The lowest BCUT2D eigenvalue weighted by Gasteiger charge is -2.07. The third-order valence-electron chi connectivity index (χ3n) is 3.58. The first kappa shape index (κ1) is 19.4. The van der Waals surface area contributed by atoms with E-state index in [-0.39, 0.29) is 11.7 Å². The summed E-state index contributed by atoms with van der Waals surface area (Å²) in [5.41, 5.74) is 4.06. The number of para-hydroxylation sites is 1. The Bertz CT molecular complexity index is 961. The van der Waals surface area contributed by atoms with Gasteiger partial charge in [0.25, 0.3) is 5.91 Å². The van der Waals surface area contributed by atoms with Gasteiger partial charge in [0, 0.05) is 0 Å². The summed E-state index contributed by atoms with van der Waals surface area (Å²) >= 11 is 1.22. The number of methoxy groups -OCH3 is 2. The van der Waals surface area contributed by atoms with Crippen molar-refractivity contribution in [3.05, 3.63) is 54.1 Å². The number of nitrogens with one attached hydrogen (secondary N) is 1. The number of thioether (sulfide) groups is 1. The zero-order chi connectivity index (χ0) is 19.8. The average molecular weight is 398 g/mol. The van der Waals surface area contributed by atoms with Gasteiger partial charge in [-0.2, -0.15) is 9.78 Å². The van der Waals surface area contributed by atoms with E-state index in [0.29, 0.717) is 16.7 Å². The van der Waals surface area contributed by atoms with Crippen LogP contribution in [-0.4, -0.2) is 52.3 Å². The standard InChI is InChI=1S/C18H18N6O3S/c1-26-15-9-8-13(10-16(15)27-2)11-19-20-17(25)12-28-18-21-22-23-24(18)14-6-4-3-5-7-14/h3-11H,12H2,1-2H3,(H,20,25)/b19-11-. The molecule has 28 heavy (non-hydrogen) atoms. The summed E-state index contributed by atoms with van der Waals surface area (Å²) in [6.07, 6.45) is 1.53. The number of aromatic nitrogens is 4. The van der Waals surface area contributed by atoms with Gasteiger partial charge in [-0.15, -0.1) is 5.10 Å². The summed E-state index contributed by atoms with van der Waals surface area (Å²) in [6.45, 7) is 0. The second kappa shape index (κ2) is 9.51. The summed E-state index contributed by atoms with van der Waals surface area (Å²) in [5, 5.41) is 16.0. The van der Waals surface area contributed by atoms with Crippen molar-refractivity contribution in [1.82, 2.24) is 25.6 Å². The van der Waals surface area contributed by atoms with E-state index in [0.717, 1.165) is 11.3 Å². The molecule has 2 aromatic carbocycles. The Hall–Kier alpha value is -3.40. The fraction of sp³-hybridized carbons (Fsp3) is 0.167. The Morgan fingerprint density at radius 1 is 1.18 bits per heavy atom. The number of hydrazone groups is 1. The summed E-state index contributed by atoms with van der Waals surface area (Å²) in [7, 11) is 3.12. The molecular formula is C18H18N6O3S. The first-order valence-corrected chi connectivity index (χ1v) is 9.20. The molecule has 1 amide bonds. The number of carbonyl (C=O) groups excluding carboxylic acids is 1. The lowest BCUT2D eigenvalue weighted by molar-refractivity contribution is -0.118. The van der Waals surface area contributed by atoms with Crippen LogP contribution < -0.4 is 14.9 Å². The predicted molar refractivity (Wildman–Crippen MR) is 105 cm³/mol. The first-order chi connectivity index (χ1) is 13.7. The second-order valence-electron chi connectivity index (χ2n) is 5.41. The molecule has 10 heteroatoms. The maximum absolute atomic E-state index is 12.0. The van der Waals surface area contributed by atoms with Crippen LogP contribution in [0.15, 0.2) is 58.8 Å². The smallest absolute Gasteiger partial charge is 0.250 e. The van der Waals surface area contributed by atoms with E-state index in [2.05, 4.69) is 26.1 Å². The highest BCUT2D eigenvalue weighted by Gasteiger charge is 2.11. The molecule has 0 spiro atoms. The van der Waals surface area contributed by atoms with Gasteiger partial charge in [-0.3, -0.25) is 4.79 Å². The Kier molecular flexibility index (Phi) is 6.58. The lowest BCUT2D eigenvalue weighted by atomic mass is 10.2. The Labute approximate surface area is 165 Å². The van der Waals surface area contributed by atoms with Crippen LogP contribution in [0.4, 0.5) is 0 Å². The molecule has 0 aliphatic rings. The molecule has 3 rings (SSSR count). The molecule has 0 saturated heterocycles. The number of tetrazole rings is 1. The van der Waals surface area contributed by atoms with Crippen LogP contribution in [0.2, 0.25) is 0 Å². The highest BCUT2D eigenvalue weighted by atomic mass is 32.2. The summed E-state index contributed by atoms with van der Waals surface area (Å²) < 4.78 is 12.0. The van der Waals surface area contributed by atoms with Gasteiger partial charge in [0.1, 0.15) is 0 Å². The van der Waals surface area contributed by atoms with E-state index in [1.165, 1.54) is 18.0 Å². The summed E-state index contributed by atoms with van der Waals surface area (Å²) in [5.74, 6) is 1.05. The number of benzene rings is 2. The molecule has 144 valence electrons. The first-order valence-electron chi connectivity index (χ1n) is 8.22. The summed E-state index contributed by atoms with van der Waals surface area (Å²) in [4.78, 5) is 12.0. The van der Waals surface area contributed by atoms with Gasteiger partial charge in [-0.1, -0.05) is 30.0 Å². The van der Waals surface area contributed by atoms with Gasteiger partial charge in [-0.05, 0) is 46.3 Å². The predicted octanol–water partition coefficient (Wildman–Crippen LogP) is 1.92. The highest BCUT2D eigenvalue weighted by Crippen LogP contribution is 2.26. The van der Waals surface area contributed by atoms with E-state index in [1.807, 2.05) is 30.3 Å². The number of rotatable bonds is 8. The largest absolute Gasteiger partial charge is 0.493 e. The number of hydrogen-bond acceptors (Lipinski definition) is 8. The third-order valence-corrected chi connectivity index (χ3v) is 4.50. The molecule has 9 nitrogen and oxygen atoms in total. The van der Waals surface area contributed by atoms with Gasteiger partial charge >= 0.3 is 0 Å². The van der Waals surface area contributed by atoms with Gasteiger partial charge in [-0.25, -0.2) is 5.43 Å². The van der Waals surface area contributed by atoms with Crippen LogP contribution in [0.5, 0.6) is 11.5 Å².